The van der Waals surface area contributed by atoms with Crippen LogP contribution in [-0.4, -0.2) is 29.2 Å². The summed E-state index contributed by atoms with van der Waals surface area (Å²) >= 11 is 0. The number of hydrogen-bond donors (Lipinski definition) is 0. The van der Waals surface area contributed by atoms with E-state index in [0.717, 1.165) is 11.3 Å². The average molecular weight is 238 g/mol. The molecule has 0 saturated carbocycles. The summed E-state index contributed by atoms with van der Waals surface area (Å²) in [5.41, 5.74) is 1.77. The topological polar surface area (TPSA) is 60.4 Å². The molecule has 0 bridgehead atoms. The molecule has 0 fully saturated rings. The molecule has 0 aliphatic carbocycles. The van der Waals surface area contributed by atoms with Gasteiger partial charge in [0.2, 0.25) is 0 Å². The number of nitrogens with zero attached hydrogens (tertiary/aromatic N) is 6. The van der Waals surface area contributed by atoms with Crippen LogP contribution in [0.1, 0.15) is 0 Å². The lowest BCUT2D eigenvalue weighted by atomic mass is 10.6. The maximum absolute atomic E-state index is 4.02. The molecule has 18 heavy (non-hydrogen) atoms. The van der Waals surface area contributed by atoms with Crippen molar-refractivity contribution in [2.24, 2.45) is 0 Å². The molecule has 0 atom stereocenters. The van der Waals surface area contributed by atoms with E-state index in [1.807, 2.05) is 36.7 Å². The molecule has 88 valence electrons. The first-order valence-corrected chi connectivity index (χ1v) is 5.42. The molecule has 4 rings (SSSR count). The van der Waals surface area contributed by atoms with Crippen LogP contribution >= 0.6 is 0 Å². The Bertz CT molecular complexity index is 631. The van der Waals surface area contributed by atoms with Crippen molar-refractivity contribution in [3.63, 3.8) is 0 Å². The molecule has 4 aromatic rings. The highest BCUT2D eigenvalue weighted by Crippen LogP contribution is 1.94. The molecular weight excluding hydrogens is 228 g/mol. The second-order valence-corrected chi connectivity index (χ2v) is 3.51. The maximum atomic E-state index is 4.02. The summed E-state index contributed by atoms with van der Waals surface area (Å²) in [6, 6.07) is 7.55. The summed E-state index contributed by atoms with van der Waals surface area (Å²) in [6.45, 7) is 0. The quantitative estimate of drug-likeness (QED) is 0.465. The van der Waals surface area contributed by atoms with Crippen molar-refractivity contribution >= 4 is 11.3 Å². The van der Waals surface area contributed by atoms with E-state index in [2.05, 4.69) is 20.2 Å². The van der Waals surface area contributed by atoms with Crippen molar-refractivity contribution in [3.05, 3.63) is 61.4 Å². The van der Waals surface area contributed by atoms with Crippen LogP contribution in [0, 0.1) is 0 Å². The lowest BCUT2D eigenvalue weighted by Crippen LogP contribution is -1.85. The molecule has 4 heterocycles. The van der Waals surface area contributed by atoms with Crippen molar-refractivity contribution in [2.45, 2.75) is 0 Å². The van der Waals surface area contributed by atoms with Crippen molar-refractivity contribution in [1.82, 2.24) is 29.2 Å². The van der Waals surface area contributed by atoms with E-state index in [9.17, 15) is 0 Å². The zero-order valence-corrected chi connectivity index (χ0v) is 9.46. The number of hydrogen-bond acceptors (Lipinski definition) is 4. The molecule has 0 aromatic carbocycles. The van der Waals surface area contributed by atoms with Gasteiger partial charge in [0.1, 0.15) is 0 Å². The second-order valence-electron chi connectivity index (χ2n) is 3.51. The fraction of sp³-hybridized carbons (Fsp3) is 0. The fourth-order valence-electron chi connectivity index (χ4n) is 1.53. The fourth-order valence-corrected chi connectivity index (χ4v) is 1.53. The van der Waals surface area contributed by atoms with E-state index in [0.29, 0.717) is 0 Å². The van der Waals surface area contributed by atoms with E-state index in [-0.39, 0.29) is 0 Å². The van der Waals surface area contributed by atoms with Crippen LogP contribution in [0.2, 0.25) is 0 Å². The smallest absolute Gasteiger partial charge is 0.153 e. The lowest BCUT2D eigenvalue weighted by Gasteiger charge is -1.85. The van der Waals surface area contributed by atoms with E-state index < -0.39 is 0 Å². The number of aromatic nitrogens is 6. The largest absolute Gasteiger partial charge is 0.236 e. The van der Waals surface area contributed by atoms with Crippen LogP contribution in [0.4, 0.5) is 0 Å². The Morgan fingerprint density at radius 1 is 0.667 bits per heavy atom. The third kappa shape index (κ3) is 2.03. The first kappa shape index (κ1) is 10.4. The highest BCUT2D eigenvalue weighted by atomic mass is 15.2. The minimum absolute atomic E-state index is 0.887. The zero-order valence-electron chi connectivity index (χ0n) is 9.46. The van der Waals surface area contributed by atoms with Gasteiger partial charge in [-0.25, -0.2) is 19.0 Å². The minimum Gasteiger partial charge on any atom is -0.236 e. The predicted octanol–water partition coefficient (Wildman–Crippen LogP) is 1.46. The van der Waals surface area contributed by atoms with Gasteiger partial charge in [-0.05, 0) is 24.3 Å². The highest BCUT2D eigenvalue weighted by Gasteiger charge is 1.87. The SMILES string of the molecule is c1cnn2ccnc2c1.c1cnn2ccnc2c1. The van der Waals surface area contributed by atoms with Gasteiger partial charge in [-0.15, -0.1) is 0 Å². The van der Waals surface area contributed by atoms with Crippen LogP contribution in [0.15, 0.2) is 61.4 Å². The molecule has 0 aliphatic rings. The zero-order chi connectivity index (χ0) is 12.2. The van der Waals surface area contributed by atoms with Crippen LogP contribution in [0.3, 0.4) is 0 Å². The molecule has 0 aliphatic heterocycles. The molecule has 0 amide bonds. The molecule has 0 unspecified atom stereocenters. The first-order chi connectivity index (χ1) is 8.93. The van der Waals surface area contributed by atoms with Crippen LogP contribution in [-0.2, 0) is 0 Å². The Morgan fingerprint density at radius 3 is 1.61 bits per heavy atom. The van der Waals surface area contributed by atoms with Gasteiger partial charge in [-0.2, -0.15) is 10.2 Å². The Hall–Kier alpha value is -2.76. The van der Waals surface area contributed by atoms with Gasteiger partial charge in [0, 0.05) is 37.2 Å². The van der Waals surface area contributed by atoms with Gasteiger partial charge in [0.05, 0.1) is 0 Å². The Morgan fingerprint density at radius 2 is 1.17 bits per heavy atom. The second kappa shape index (κ2) is 4.62. The third-order valence-corrected chi connectivity index (χ3v) is 2.34. The maximum Gasteiger partial charge on any atom is 0.153 e. The summed E-state index contributed by atoms with van der Waals surface area (Å²) in [7, 11) is 0. The Kier molecular flexibility index (Phi) is 2.67. The van der Waals surface area contributed by atoms with Crippen molar-refractivity contribution in [1.29, 1.82) is 0 Å². The summed E-state index contributed by atoms with van der Waals surface area (Å²) in [5, 5.41) is 7.99. The lowest BCUT2D eigenvalue weighted by molar-refractivity contribution is 0.936. The molecule has 0 radical (unpaired) electrons. The van der Waals surface area contributed by atoms with Crippen LogP contribution in [0.25, 0.3) is 11.3 Å². The Labute approximate surface area is 103 Å². The van der Waals surface area contributed by atoms with E-state index in [1.54, 1.807) is 33.8 Å². The minimum atomic E-state index is 0.887. The van der Waals surface area contributed by atoms with Gasteiger partial charge in [0.25, 0.3) is 0 Å². The molecule has 6 nitrogen and oxygen atoms in total. The Balaban J connectivity index is 0.000000111. The normalized spacial score (nSPS) is 10.2. The predicted molar refractivity (Wildman–Crippen MR) is 66.0 cm³/mol. The molecule has 4 aromatic heterocycles. The summed E-state index contributed by atoms with van der Waals surface area (Å²) < 4.78 is 3.44. The monoisotopic (exact) mass is 238 g/mol. The highest BCUT2D eigenvalue weighted by molar-refractivity contribution is 5.35. The molecule has 0 spiro atoms. The van der Waals surface area contributed by atoms with Gasteiger partial charge < -0.3 is 0 Å². The van der Waals surface area contributed by atoms with Crippen LogP contribution < -0.4 is 0 Å². The van der Waals surface area contributed by atoms with Crippen molar-refractivity contribution in [2.75, 3.05) is 0 Å². The molecule has 0 saturated heterocycles. The molecule has 6 heteroatoms. The standard InChI is InChI=1S/2C6H5N3/c2*1-2-6-7-4-5-9(6)8-3-1/h2*1-5H. The van der Waals surface area contributed by atoms with Crippen LogP contribution in [0.5, 0.6) is 0 Å². The third-order valence-electron chi connectivity index (χ3n) is 2.34. The summed E-state index contributed by atoms with van der Waals surface area (Å²) in [6.07, 6.45) is 10.5. The van der Waals surface area contributed by atoms with E-state index >= 15 is 0 Å². The molecule has 0 N–H and O–H groups in total. The van der Waals surface area contributed by atoms with Crippen molar-refractivity contribution in [3.8, 4) is 0 Å². The summed E-state index contributed by atoms with van der Waals surface area (Å²) in [5.74, 6) is 0. The average Bonchev–Trinajstić information content (AvgIpc) is 3.08. The summed E-state index contributed by atoms with van der Waals surface area (Å²) in [4.78, 5) is 8.04. The number of imidazole rings is 2. The van der Waals surface area contributed by atoms with E-state index in [4.69, 9.17) is 0 Å². The van der Waals surface area contributed by atoms with Gasteiger partial charge >= 0.3 is 0 Å². The van der Waals surface area contributed by atoms with E-state index in [1.165, 1.54) is 0 Å². The molecular formula is C12H10N6. The number of rotatable bonds is 0. The van der Waals surface area contributed by atoms with Gasteiger partial charge in [0.15, 0.2) is 11.3 Å². The van der Waals surface area contributed by atoms with Crippen molar-refractivity contribution < 1.29 is 0 Å². The first-order valence-electron chi connectivity index (χ1n) is 5.42. The van der Waals surface area contributed by atoms with Gasteiger partial charge in [-0.3, -0.25) is 0 Å². The number of fused-ring (bicyclic) bond motifs is 2. The van der Waals surface area contributed by atoms with Gasteiger partial charge in [-0.1, -0.05) is 0 Å².